The Labute approximate surface area is 215 Å². The van der Waals surface area contributed by atoms with Gasteiger partial charge in [-0.3, -0.25) is 9.59 Å². The highest BCUT2D eigenvalue weighted by molar-refractivity contribution is 9.10. The molecule has 34 heavy (non-hydrogen) atoms. The smallest absolute Gasteiger partial charge is 0.329 e. The third-order valence-electron chi connectivity index (χ3n) is 4.42. The van der Waals surface area contributed by atoms with Crippen molar-refractivity contribution in [1.29, 1.82) is 0 Å². The molecule has 0 bridgehead atoms. The monoisotopic (exact) mass is 563 g/mol. The van der Waals surface area contributed by atoms with Crippen molar-refractivity contribution < 1.29 is 19.1 Å². The second-order valence-electron chi connectivity index (χ2n) is 7.12. The van der Waals surface area contributed by atoms with Crippen LogP contribution in [0.25, 0.3) is 0 Å². The van der Waals surface area contributed by atoms with Crippen LogP contribution in [0.5, 0.6) is 11.5 Å². The van der Waals surface area contributed by atoms with Crippen LogP contribution in [0.1, 0.15) is 16.7 Å². The maximum atomic E-state index is 12.1. The molecule has 3 aromatic carbocycles. The molecule has 3 rings (SSSR count). The normalized spacial score (nSPS) is 10.7. The van der Waals surface area contributed by atoms with Gasteiger partial charge in [0, 0.05) is 15.7 Å². The predicted octanol–water partition coefficient (Wildman–Crippen LogP) is 5.74. The molecule has 0 aliphatic rings. The van der Waals surface area contributed by atoms with Gasteiger partial charge in [0.25, 0.3) is 0 Å². The van der Waals surface area contributed by atoms with E-state index in [0.717, 1.165) is 11.1 Å². The Morgan fingerprint density at radius 1 is 1.06 bits per heavy atom. The maximum absolute atomic E-state index is 12.1. The summed E-state index contributed by atoms with van der Waals surface area (Å²) in [5.41, 5.74) is 5.24. The first kappa shape index (κ1) is 25.6. The molecule has 0 spiro atoms. The molecule has 0 fully saturated rings. The number of carbonyl (C=O) groups excluding carboxylic acids is 2. The predicted molar refractivity (Wildman–Crippen MR) is 137 cm³/mol. The van der Waals surface area contributed by atoms with E-state index in [0.29, 0.717) is 38.2 Å². The fourth-order valence-electron chi connectivity index (χ4n) is 2.94. The minimum atomic E-state index is -0.962. The van der Waals surface area contributed by atoms with Crippen LogP contribution in [-0.4, -0.2) is 25.1 Å². The van der Waals surface area contributed by atoms with E-state index in [1.807, 2.05) is 31.2 Å². The third-order valence-corrected chi connectivity index (χ3v) is 5.45. The van der Waals surface area contributed by atoms with E-state index in [1.165, 1.54) is 31.5 Å². The van der Waals surface area contributed by atoms with Crippen LogP contribution in [0.2, 0.25) is 10.0 Å². The number of methoxy groups -OCH3 is 1. The maximum Gasteiger partial charge on any atom is 0.329 e. The van der Waals surface area contributed by atoms with Gasteiger partial charge >= 0.3 is 11.8 Å². The van der Waals surface area contributed by atoms with Gasteiger partial charge in [-0.2, -0.15) is 5.10 Å². The number of rotatable bonds is 7. The van der Waals surface area contributed by atoms with Gasteiger partial charge < -0.3 is 14.8 Å². The number of carbonyl (C=O) groups is 2. The number of aryl methyl sites for hydroxylation is 1. The zero-order valence-corrected chi connectivity index (χ0v) is 21.3. The highest BCUT2D eigenvalue weighted by Crippen LogP contribution is 2.37. The van der Waals surface area contributed by atoms with Crippen LogP contribution < -0.4 is 20.2 Å². The van der Waals surface area contributed by atoms with Gasteiger partial charge in [0.2, 0.25) is 0 Å². The molecular weight excluding hydrogens is 545 g/mol. The van der Waals surface area contributed by atoms with Crippen molar-refractivity contribution in [3.05, 3.63) is 85.8 Å². The molecule has 7 nitrogen and oxygen atoms in total. The molecule has 0 saturated carbocycles. The standard InChI is InChI=1S/C24H20BrCl2N3O4/c1-14-4-3-5-15(6-14)13-34-22-20(25)7-16(8-21(22)33-2)12-28-30-24(32)23(31)29-19-10-17(26)9-18(27)11-19/h3-12H,13H2,1-2H3,(H,29,31)(H,30,32)/b28-12+. The molecule has 0 atom stereocenters. The quantitative estimate of drug-likeness (QED) is 0.217. The van der Waals surface area contributed by atoms with Crippen molar-refractivity contribution in [2.24, 2.45) is 5.10 Å². The number of hydrazone groups is 1. The zero-order valence-electron chi connectivity index (χ0n) is 18.2. The van der Waals surface area contributed by atoms with Gasteiger partial charge in [-0.25, -0.2) is 5.43 Å². The Hall–Kier alpha value is -3.07. The van der Waals surface area contributed by atoms with E-state index in [9.17, 15) is 9.59 Å². The summed E-state index contributed by atoms with van der Waals surface area (Å²) in [5, 5.41) is 6.89. The van der Waals surface area contributed by atoms with Gasteiger partial charge in [0.1, 0.15) is 6.61 Å². The second-order valence-corrected chi connectivity index (χ2v) is 8.85. The molecule has 2 N–H and O–H groups in total. The first-order chi connectivity index (χ1) is 16.2. The van der Waals surface area contributed by atoms with Crippen molar-refractivity contribution in [2.75, 3.05) is 12.4 Å². The molecule has 0 saturated heterocycles. The molecule has 0 unspecified atom stereocenters. The molecule has 0 aromatic heterocycles. The van der Waals surface area contributed by atoms with Crippen molar-refractivity contribution in [2.45, 2.75) is 13.5 Å². The molecule has 0 aliphatic heterocycles. The summed E-state index contributed by atoms with van der Waals surface area (Å²) in [6, 6.07) is 15.9. The number of nitrogens with zero attached hydrogens (tertiary/aromatic N) is 1. The van der Waals surface area contributed by atoms with E-state index < -0.39 is 11.8 Å². The number of ether oxygens (including phenoxy) is 2. The molecule has 0 heterocycles. The number of amides is 2. The number of hydrogen-bond donors (Lipinski definition) is 2. The number of hydrogen-bond acceptors (Lipinski definition) is 5. The Balaban J connectivity index is 1.63. The van der Waals surface area contributed by atoms with Gasteiger partial charge in [-0.1, -0.05) is 53.0 Å². The van der Waals surface area contributed by atoms with E-state index in [2.05, 4.69) is 31.8 Å². The SMILES string of the molecule is COc1cc(/C=N/NC(=O)C(=O)Nc2cc(Cl)cc(Cl)c2)cc(Br)c1OCc1cccc(C)c1. The van der Waals surface area contributed by atoms with Gasteiger partial charge in [0.05, 0.1) is 17.8 Å². The van der Waals surface area contributed by atoms with Crippen molar-refractivity contribution >= 4 is 62.8 Å². The minimum absolute atomic E-state index is 0.288. The molecule has 176 valence electrons. The number of halogens is 3. The zero-order chi connectivity index (χ0) is 24.7. The molecule has 0 radical (unpaired) electrons. The molecule has 0 aliphatic carbocycles. The molecule has 2 amide bonds. The van der Waals surface area contributed by atoms with Crippen LogP contribution in [-0.2, 0) is 16.2 Å². The molecule has 10 heteroatoms. The largest absolute Gasteiger partial charge is 0.493 e. The third kappa shape index (κ3) is 7.21. The van der Waals surface area contributed by atoms with Crippen LogP contribution in [0.4, 0.5) is 5.69 Å². The lowest BCUT2D eigenvalue weighted by atomic mass is 10.1. The Bertz CT molecular complexity index is 1230. The summed E-state index contributed by atoms with van der Waals surface area (Å²) < 4.78 is 12.0. The summed E-state index contributed by atoms with van der Waals surface area (Å²) in [7, 11) is 1.52. The van der Waals surface area contributed by atoms with Gasteiger partial charge in [-0.05, 0) is 64.3 Å². The first-order valence-corrected chi connectivity index (χ1v) is 11.5. The van der Waals surface area contributed by atoms with Crippen molar-refractivity contribution in [3.63, 3.8) is 0 Å². The summed E-state index contributed by atoms with van der Waals surface area (Å²) in [5.74, 6) is -0.874. The number of benzene rings is 3. The Kier molecular flexibility index (Phi) is 8.92. The van der Waals surface area contributed by atoms with Crippen LogP contribution in [0.3, 0.4) is 0 Å². The lowest BCUT2D eigenvalue weighted by Crippen LogP contribution is -2.32. The van der Waals surface area contributed by atoms with Crippen LogP contribution >= 0.6 is 39.1 Å². The van der Waals surface area contributed by atoms with E-state index >= 15 is 0 Å². The summed E-state index contributed by atoms with van der Waals surface area (Å²) in [6.45, 7) is 2.39. The van der Waals surface area contributed by atoms with E-state index in [-0.39, 0.29) is 5.69 Å². The van der Waals surface area contributed by atoms with Gasteiger partial charge in [-0.15, -0.1) is 0 Å². The molecule has 3 aromatic rings. The van der Waals surface area contributed by atoms with Gasteiger partial charge in [0.15, 0.2) is 11.5 Å². The fourth-order valence-corrected chi connectivity index (χ4v) is 4.04. The fraction of sp³-hybridized carbons (Fsp3) is 0.125. The summed E-state index contributed by atoms with van der Waals surface area (Å²) >= 11 is 15.3. The molecular formula is C24H20BrCl2N3O4. The minimum Gasteiger partial charge on any atom is -0.493 e. The van der Waals surface area contributed by atoms with E-state index in [1.54, 1.807) is 12.1 Å². The van der Waals surface area contributed by atoms with Crippen LogP contribution in [0.15, 0.2) is 64.2 Å². The highest BCUT2D eigenvalue weighted by Gasteiger charge is 2.14. The Morgan fingerprint density at radius 2 is 1.79 bits per heavy atom. The number of anilines is 1. The first-order valence-electron chi connectivity index (χ1n) is 9.91. The summed E-state index contributed by atoms with van der Waals surface area (Å²) in [6.07, 6.45) is 1.37. The Morgan fingerprint density at radius 3 is 2.47 bits per heavy atom. The average molecular weight is 565 g/mol. The highest BCUT2D eigenvalue weighted by atomic mass is 79.9. The summed E-state index contributed by atoms with van der Waals surface area (Å²) in [4.78, 5) is 24.1. The average Bonchev–Trinajstić information content (AvgIpc) is 2.77. The topological polar surface area (TPSA) is 89.0 Å². The lowest BCUT2D eigenvalue weighted by Gasteiger charge is -2.14. The van der Waals surface area contributed by atoms with Crippen molar-refractivity contribution in [1.82, 2.24) is 5.43 Å². The lowest BCUT2D eigenvalue weighted by molar-refractivity contribution is -0.136. The number of nitrogens with one attached hydrogen (secondary N) is 2. The second kappa shape index (κ2) is 11.9. The van der Waals surface area contributed by atoms with Crippen molar-refractivity contribution in [3.8, 4) is 11.5 Å². The van der Waals surface area contributed by atoms with E-state index in [4.69, 9.17) is 32.7 Å². The van der Waals surface area contributed by atoms with Crippen LogP contribution in [0, 0.1) is 6.92 Å².